The minimum Gasteiger partial charge on any atom is -0.348 e. The van der Waals surface area contributed by atoms with Crippen LogP contribution in [0, 0.1) is 0 Å². The van der Waals surface area contributed by atoms with Crippen LogP contribution in [0.15, 0.2) is 60.7 Å². The van der Waals surface area contributed by atoms with Crippen LogP contribution in [0.1, 0.15) is 44.1 Å². The fraction of sp³-hybridized carbons (Fsp3) is 0.538. The number of fused-ring (bicyclic) bond motifs is 1. The van der Waals surface area contributed by atoms with Crippen LogP contribution in [0.4, 0.5) is 0 Å². The summed E-state index contributed by atoms with van der Waals surface area (Å²) in [4.78, 5) is 0. The maximum absolute atomic E-state index is 13.9. The topological polar surface area (TPSA) is 89.5 Å². The smallest absolute Gasteiger partial charge is 0.275 e. The van der Waals surface area contributed by atoms with Crippen LogP contribution in [0.25, 0.3) is 0 Å². The highest BCUT2D eigenvalue weighted by atomic mass is 32.2. The van der Waals surface area contributed by atoms with Crippen molar-refractivity contribution >= 4 is 10.1 Å². The van der Waals surface area contributed by atoms with Crippen LogP contribution in [0.3, 0.4) is 0 Å². The number of benzene rings is 2. The maximum atomic E-state index is 13.9. The molecule has 0 radical (unpaired) electrons. The lowest BCUT2D eigenvalue weighted by atomic mass is 10.0. The van der Waals surface area contributed by atoms with E-state index < -0.39 is 57.6 Å². The molecule has 3 aliphatic rings. The zero-order chi connectivity index (χ0) is 24.8. The van der Waals surface area contributed by atoms with Gasteiger partial charge in [0.2, 0.25) is 0 Å². The van der Waals surface area contributed by atoms with Crippen molar-refractivity contribution in [3.8, 4) is 0 Å². The van der Waals surface area contributed by atoms with E-state index in [1.807, 2.05) is 48.5 Å². The molecule has 0 bridgehead atoms. The summed E-state index contributed by atoms with van der Waals surface area (Å²) in [5, 5.41) is -0.918. The molecular formula is C26H32O8S. The fourth-order valence-corrected chi connectivity index (χ4v) is 6.44. The summed E-state index contributed by atoms with van der Waals surface area (Å²) in [6.45, 7) is 7.37. The molecule has 2 aromatic carbocycles. The number of hydrogen-bond donors (Lipinski definition) is 0. The van der Waals surface area contributed by atoms with E-state index in [0.29, 0.717) is 5.56 Å². The molecule has 190 valence electrons. The van der Waals surface area contributed by atoms with E-state index in [9.17, 15) is 8.42 Å². The van der Waals surface area contributed by atoms with Gasteiger partial charge in [-0.1, -0.05) is 60.7 Å². The molecule has 6 atom stereocenters. The van der Waals surface area contributed by atoms with Crippen molar-refractivity contribution in [2.24, 2.45) is 0 Å². The summed E-state index contributed by atoms with van der Waals surface area (Å²) in [6, 6.07) is 18.6. The molecule has 3 fully saturated rings. The van der Waals surface area contributed by atoms with Gasteiger partial charge in [0.25, 0.3) is 10.1 Å². The Labute approximate surface area is 206 Å². The van der Waals surface area contributed by atoms with E-state index in [0.717, 1.165) is 5.56 Å². The van der Waals surface area contributed by atoms with Crippen molar-refractivity contribution < 1.29 is 36.3 Å². The molecule has 2 aromatic rings. The number of ether oxygens (including phenoxy) is 5. The summed E-state index contributed by atoms with van der Waals surface area (Å²) in [7, 11) is -4.14. The highest BCUT2D eigenvalue weighted by molar-refractivity contribution is 7.87. The Morgan fingerprint density at radius 3 is 2.17 bits per heavy atom. The molecule has 3 aliphatic heterocycles. The highest BCUT2D eigenvalue weighted by Crippen LogP contribution is 2.43. The van der Waals surface area contributed by atoms with Gasteiger partial charge in [0, 0.05) is 0 Å². The van der Waals surface area contributed by atoms with Gasteiger partial charge in [-0.2, -0.15) is 8.42 Å². The quantitative estimate of drug-likeness (QED) is 0.527. The highest BCUT2D eigenvalue weighted by Gasteiger charge is 2.60. The van der Waals surface area contributed by atoms with Gasteiger partial charge in [0.05, 0.1) is 6.61 Å². The van der Waals surface area contributed by atoms with E-state index in [2.05, 4.69) is 0 Å². The van der Waals surface area contributed by atoms with Crippen LogP contribution >= 0.6 is 0 Å². The Hall–Kier alpha value is -1.85. The molecule has 35 heavy (non-hydrogen) atoms. The normalized spacial score (nSPS) is 32.4. The number of rotatable bonds is 7. The zero-order valence-electron chi connectivity index (χ0n) is 20.3. The predicted octanol–water partition coefficient (Wildman–Crippen LogP) is 3.71. The predicted molar refractivity (Wildman–Crippen MR) is 127 cm³/mol. The minimum absolute atomic E-state index is 0.243. The third kappa shape index (κ3) is 5.32. The van der Waals surface area contributed by atoms with Crippen LogP contribution < -0.4 is 0 Å². The zero-order valence-corrected chi connectivity index (χ0v) is 21.1. The molecule has 0 unspecified atom stereocenters. The van der Waals surface area contributed by atoms with E-state index >= 15 is 0 Å². The SMILES string of the molecule is CC1(C)O[C@H]2O[C@H]([C@H]3COC(C)(C)O3)[C@@H](OS(=O)(=O)[C@H](Cc3ccccc3)c3ccccc3)[C@H]2O1. The van der Waals surface area contributed by atoms with Gasteiger partial charge in [-0.05, 0) is 45.2 Å². The van der Waals surface area contributed by atoms with Crippen LogP contribution in [0.5, 0.6) is 0 Å². The maximum Gasteiger partial charge on any atom is 0.275 e. The first-order valence-corrected chi connectivity index (χ1v) is 13.3. The molecular weight excluding hydrogens is 472 g/mol. The van der Waals surface area contributed by atoms with E-state index in [1.165, 1.54) is 0 Å². The molecule has 0 spiro atoms. The van der Waals surface area contributed by atoms with Crippen LogP contribution in [-0.4, -0.2) is 57.3 Å². The summed E-state index contributed by atoms with van der Waals surface area (Å²) in [5.41, 5.74) is 1.54. The Morgan fingerprint density at radius 2 is 1.54 bits per heavy atom. The standard InChI is InChI=1S/C26H32O8S/c1-25(2)29-16-19(31-25)21-22(23-24(30-21)33-26(3,4)32-23)34-35(27,28)20(18-13-9-6-10-14-18)15-17-11-7-5-8-12-17/h5-14,19-24H,15-16H2,1-4H3/t19-,20-,21-,22-,23-,24-/m1/s1. The Balaban J connectivity index is 1.46. The lowest BCUT2D eigenvalue weighted by Crippen LogP contribution is -2.45. The largest absolute Gasteiger partial charge is 0.348 e. The molecule has 3 saturated heterocycles. The average Bonchev–Trinajstić information content (AvgIpc) is 3.42. The summed E-state index contributed by atoms with van der Waals surface area (Å²) in [5.74, 6) is -1.74. The van der Waals surface area contributed by atoms with Crippen molar-refractivity contribution in [1.29, 1.82) is 0 Å². The minimum atomic E-state index is -4.14. The van der Waals surface area contributed by atoms with Gasteiger partial charge < -0.3 is 23.7 Å². The van der Waals surface area contributed by atoms with Gasteiger partial charge in [-0.25, -0.2) is 0 Å². The second-order valence-corrected chi connectivity index (χ2v) is 11.8. The van der Waals surface area contributed by atoms with E-state index in [1.54, 1.807) is 39.8 Å². The first-order chi connectivity index (χ1) is 16.5. The lowest BCUT2D eigenvalue weighted by Gasteiger charge is -2.29. The lowest BCUT2D eigenvalue weighted by molar-refractivity contribution is -0.230. The first kappa shape index (κ1) is 24.8. The fourth-order valence-electron chi connectivity index (χ4n) is 4.89. The molecule has 0 aliphatic carbocycles. The monoisotopic (exact) mass is 504 g/mol. The summed E-state index contributed by atoms with van der Waals surface area (Å²) in [6.07, 6.45) is -3.48. The van der Waals surface area contributed by atoms with Crippen molar-refractivity contribution in [2.75, 3.05) is 6.61 Å². The van der Waals surface area contributed by atoms with Gasteiger partial charge in [-0.15, -0.1) is 0 Å². The van der Waals surface area contributed by atoms with Crippen LogP contribution in [-0.2, 0) is 44.4 Å². The van der Waals surface area contributed by atoms with E-state index in [-0.39, 0.29) is 13.0 Å². The molecule has 5 rings (SSSR count). The van der Waals surface area contributed by atoms with Gasteiger partial charge in [0.15, 0.2) is 17.9 Å². The van der Waals surface area contributed by atoms with Crippen molar-refractivity contribution in [1.82, 2.24) is 0 Å². The molecule has 0 N–H and O–H groups in total. The van der Waals surface area contributed by atoms with Gasteiger partial charge >= 0.3 is 0 Å². The van der Waals surface area contributed by atoms with Crippen molar-refractivity contribution in [2.45, 2.75) is 81.6 Å². The molecule has 0 aromatic heterocycles. The Morgan fingerprint density at radius 1 is 0.886 bits per heavy atom. The first-order valence-electron chi connectivity index (χ1n) is 11.9. The molecule has 8 nitrogen and oxygen atoms in total. The van der Waals surface area contributed by atoms with Crippen molar-refractivity contribution in [3.63, 3.8) is 0 Å². The van der Waals surface area contributed by atoms with E-state index in [4.69, 9.17) is 27.9 Å². The second-order valence-electron chi connectivity index (χ2n) is 10.1. The third-order valence-electron chi connectivity index (χ3n) is 6.45. The molecule has 9 heteroatoms. The number of hydrogen-bond acceptors (Lipinski definition) is 8. The van der Waals surface area contributed by atoms with Gasteiger partial charge in [0.1, 0.15) is 29.7 Å². The third-order valence-corrected chi connectivity index (χ3v) is 8.08. The molecule has 0 amide bonds. The van der Waals surface area contributed by atoms with Crippen molar-refractivity contribution in [3.05, 3.63) is 71.8 Å². The van der Waals surface area contributed by atoms with Gasteiger partial charge in [-0.3, -0.25) is 4.18 Å². The molecule has 3 heterocycles. The Kier molecular flexibility index (Phi) is 6.54. The van der Waals surface area contributed by atoms with Crippen LogP contribution in [0.2, 0.25) is 0 Å². The molecule has 0 saturated carbocycles. The Bertz CT molecular complexity index is 1120. The average molecular weight is 505 g/mol. The summed E-state index contributed by atoms with van der Waals surface area (Å²) < 4.78 is 63.5. The second kappa shape index (κ2) is 9.23. The summed E-state index contributed by atoms with van der Waals surface area (Å²) >= 11 is 0.